The molecule has 0 saturated heterocycles. The summed E-state index contributed by atoms with van der Waals surface area (Å²) in [6.45, 7) is 6.50. The van der Waals surface area contributed by atoms with E-state index in [1.807, 2.05) is 41.3 Å². The van der Waals surface area contributed by atoms with E-state index in [-0.39, 0.29) is 6.10 Å². The maximum Gasteiger partial charge on any atom is 0.326 e. The van der Waals surface area contributed by atoms with Crippen LogP contribution in [0.15, 0.2) is 48.5 Å². The van der Waals surface area contributed by atoms with Crippen LogP contribution in [0, 0.1) is 0 Å². The van der Waals surface area contributed by atoms with Crippen LogP contribution in [0.25, 0.3) is 0 Å². The SMILES string of the molecule is CC(C)c1ccc2c(c1)N(C(C)C(=O)O)CC(c1ccccc1)O2. The number of benzene rings is 2. The third-order valence-electron chi connectivity index (χ3n) is 4.59. The van der Waals surface area contributed by atoms with Crippen LogP contribution in [0.2, 0.25) is 0 Å². The lowest BCUT2D eigenvalue weighted by atomic mass is 9.99. The Labute approximate surface area is 142 Å². The molecule has 3 rings (SSSR count). The van der Waals surface area contributed by atoms with Gasteiger partial charge in [0.15, 0.2) is 0 Å². The smallest absolute Gasteiger partial charge is 0.326 e. The van der Waals surface area contributed by atoms with Crippen molar-refractivity contribution in [2.75, 3.05) is 11.4 Å². The van der Waals surface area contributed by atoms with Crippen LogP contribution in [0.1, 0.15) is 43.9 Å². The number of carboxylic acid groups (broad SMARTS) is 1. The first-order chi connectivity index (χ1) is 11.5. The lowest BCUT2D eigenvalue weighted by Gasteiger charge is -2.39. The summed E-state index contributed by atoms with van der Waals surface area (Å²) in [7, 11) is 0. The topological polar surface area (TPSA) is 49.8 Å². The third kappa shape index (κ3) is 3.09. The highest BCUT2D eigenvalue weighted by atomic mass is 16.5. The van der Waals surface area contributed by atoms with Gasteiger partial charge in [-0.05, 0) is 36.1 Å². The minimum atomic E-state index is -0.829. The number of hydrogen-bond acceptors (Lipinski definition) is 3. The summed E-state index contributed by atoms with van der Waals surface area (Å²) < 4.78 is 6.18. The van der Waals surface area contributed by atoms with Gasteiger partial charge in [-0.2, -0.15) is 0 Å². The first-order valence-corrected chi connectivity index (χ1v) is 8.32. The molecule has 4 heteroatoms. The highest BCUT2D eigenvalue weighted by Crippen LogP contribution is 2.40. The molecule has 0 spiro atoms. The Balaban J connectivity index is 2.03. The lowest BCUT2D eigenvalue weighted by molar-refractivity contribution is -0.138. The molecule has 1 aliphatic rings. The first-order valence-electron chi connectivity index (χ1n) is 8.32. The number of carbonyl (C=O) groups is 1. The number of carboxylic acids is 1. The summed E-state index contributed by atoms with van der Waals surface area (Å²) in [5.41, 5.74) is 3.10. The summed E-state index contributed by atoms with van der Waals surface area (Å²) in [4.78, 5) is 13.5. The van der Waals surface area contributed by atoms with Crippen molar-refractivity contribution >= 4 is 11.7 Å². The van der Waals surface area contributed by atoms with Crippen molar-refractivity contribution < 1.29 is 14.6 Å². The zero-order chi connectivity index (χ0) is 17.3. The number of nitrogens with zero attached hydrogens (tertiary/aromatic N) is 1. The normalized spacial score (nSPS) is 18.0. The molecule has 0 bridgehead atoms. The standard InChI is InChI=1S/C20H23NO3/c1-13(2)16-9-10-18-17(11-16)21(14(3)20(22)23)12-19(24-18)15-7-5-4-6-8-15/h4-11,13-14,19H,12H2,1-3H3,(H,22,23). The van der Waals surface area contributed by atoms with Gasteiger partial charge >= 0.3 is 5.97 Å². The van der Waals surface area contributed by atoms with E-state index in [0.29, 0.717) is 12.5 Å². The van der Waals surface area contributed by atoms with Gasteiger partial charge in [-0.1, -0.05) is 50.2 Å². The van der Waals surface area contributed by atoms with Crippen molar-refractivity contribution in [1.82, 2.24) is 0 Å². The zero-order valence-electron chi connectivity index (χ0n) is 14.3. The Morgan fingerprint density at radius 1 is 1.17 bits per heavy atom. The van der Waals surface area contributed by atoms with Crippen molar-refractivity contribution in [1.29, 1.82) is 0 Å². The Morgan fingerprint density at radius 2 is 1.88 bits per heavy atom. The highest BCUT2D eigenvalue weighted by molar-refractivity contribution is 5.79. The minimum absolute atomic E-state index is 0.176. The number of ether oxygens (including phenoxy) is 1. The maximum absolute atomic E-state index is 11.6. The molecule has 2 aromatic rings. The molecule has 24 heavy (non-hydrogen) atoms. The maximum atomic E-state index is 11.6. The molecule has 2 aromatic carbocycles. The second-order valence-corrected chi connectivity index (χ2v) is 6.57. The Morgan fingerprint density at radius 3 is 2.50 bits per heavy atom. The van der Waals surface area contributed by atoms with E-state index in [1.54, 1.807) is 6.92 Å². The number of hydrogen-bond donors (Lipinski definition) is 1. The van der Waals surface area contributed by atoms with E-state index in [9.17, 15) is 9.90 Å². The Hall–Kier alpha value is -2.49. The average Bonchev–Trinajstić information content (AvgIpc) is 2.60. The van der Waals surface area contributed by atoms with Crippen LogP contribution in [0.3, 0.4) is 0 Å². The molecule has 1 aliphatic heterocycles. The fourth-order valence-electron chi connectivity index (χ4n) is 3.03. The van der Waals surface area contributed by atoms with Crippen LogP contribution in [0.4, 0.5) is 5.69 Å². The monoisotopic (exact) mass is 325 g/mol. The fraction of sp³-hybridized carbons (Fsp3) is 0.350. The molecule has 0 fully saturated rings. The van der Waals surface area contributed by atoms with E-state index < -0.39 is 12.0 Å². The van der Waals surface area contributed by atoms with Gasteiger partial charge in [0.25, 0.3) is 0 Å². The molecule has 0 saturated carbocycles. The van der Waals surface area contributed by atoms with Gasteiger partial charge in [-0.15, -0.1) is 0 Å². The number of rotatable bonds is 4. The molecule has 4 nitrogen and oxygen atoms in total. The first kappa shape index (κ1) is 16.4. The Bertz CT molecular complexity index is 727. The zero-order valence-corrected chi connectivity index (χ0v) is 14.3. The lowest BCUT2D eigenvalue weighted by Crippen LogP contribution is -2.45. The number of anilines is 1. The van der Waals surface area contributed by atoms with Crippen LogP contribution < -0.4 is 9.64 Å². The van der Waals surface area contributed by atoms with Crippen LogP contribution >= 0.6 is 0 Å². The van der Waals surface area contributed by atoms with Gasteiger partial charge in [0, 0.05) is 0 Å². The molecule has 1 N–H and O–H groups in total. The quantitative estimate of drug-likeness (QED) is 0.914. The second-order valence-electron chi connectivity index (χ2n) is 6.57. The summed E-state index contributed by atoms with van der Waals surface area (Å²) in [5, 5.41) is 9.51. The predicted octanol–water partition coefficient (Wildman–Crippen LogP) is 4.22. The summed E-state index contributed by atoms with van der Waals surface area (Å²) in [5.74, 6) is 0.293. The van der Waals surface area contributed by atoms with E-state index >= 15 is 0 Å². The average molecular weight is 325 g/mol. The Kier molecular flexibility index (Phi) is 4.47. The molecule has 0 aliphatic carbocycles. The van der Waals surface area contributed by atoms with Crippen molar-refractivity contribution in [2.24, 2.45) is 0 Å². The van der Waals surface area contributed by atoms with Gasteiger partial charge in [-0.25, -0.2) is 4.79 Å². The van der Waals surface area contributed by atoms with Crippen LogP contribution in [0.5, 0.6) is 5.75 Å². The van der Waals surface area contributed by atoms with E-state index in [0.717, 1.165) is 17.0 Å². The highest BCUT2D eigenvalue weighted by Gasteiger charge is 2.32. The second kappa shape index (κ2) is 6.56. The van der Waals surface area contributed by atoms with Crippen molar-refractivity contribution in [3.05, 3.63) is 59.7 Å². The van der Waals surface area contributed by atoms with Crippen LogP contribution in [-0.4, -0.2) is 23.7 Å². The molecule has 0 radical (unpaired) electrons. The van der Waals surface area contributed by atoms with Crippen molar-refractivity contribution in [2.45, 2.75) is 38.8 Å². The molecule has 2 atom stereocenters. The summed E-state index contributed by atoms with van der Waals surface area (Å²) in [6.07, 6.45) is -0.176. The van der Waals surface area contributed by atoms with Gasteiger partial charge in [0.2, 0.25) is 0 Å². The fourth-order valence-corrected chi connectivity index (χ4v) is 3.03. The molecule has 1 heterocycles. The summed E-state index contributed by atoms with van der Waals surface area (Å²) >= 11 is 0. The number of fused-ring (bicyclic) bond motifs is 1. The molecule has 0 aromatic heterocycles. The molecular formula is C20H23NO3. The summed E-state index contributed by atoms with van der Waals surface area (Å²) in [6, 6.07) is 15.4. The predicted molar refractivity (Wildman–Crippen MR) is 94.8 cm³/mol. The molecule has 2 unspecified atom stereocenters. The van der Waals surface area contributed by atoms with Crippen molar-refractivity contribution in [3.63, 3.8) is 0 Å². The van der Waals surface area contributed by atoms with Gasteiger partial charge in [-0.3, -0.25) is 0 Å². The van der Waals surface area contributed by atoms with Crippen molar-refractivity contribution in [3.8, 4) is 5.75 Å². The van der Waals surface area contributed by atoms with E-state index in [4.69, 9.17) is 4.74 Å². The molecule has 0 amide bonds. The number of aliphatic carboxylic acids is 1. The minimum Gasteiger partial charge on any atom is -0.482 e. The largest absolute Gasteiger partial charge is 0.482 e. The van der Waals surface area contributed by atoms with Gasteiger partial charge in [0.05, 0.1) is 12.2 Å². The molecule has 126 valence electrons. The molecular weight excluding hydrogens is 302 g/mol. The van der Waals surface area contributed by atoms with E-state index in [2.05, 4.69) is 26.0 Å². The van der Waals surface area contributed by atoms with E-state index in [1.165, 1.54) is 5.56 Å². The van der Waals surface area contributed by atoms with Crippen LogP contribution in [-0.2, 0) is 4.79 Å². The van der Waals surface area contributed by atoms with Gasteiger partial charge < -0.3 is 14.7 Å². The van der Waals surface area contributed by atoms with Gasteiger partial charge in [0.1, 0.15) is 17.9 Å². The third-order valence-corrected chi connectivity index (χ3v) is 4.59.